The van der Waals surface area contributed by atoms with Gasteiger partial charge in [-0.1, -0.05) is 6.92 Å². The molecule has 0 N–H and O–H groups in total. The normalized spacial score (nSPS) is 20.6. The zero-order chi connectivity index (χ0) is 18.1. The van der Waals surface area contributed by atoms with Crippen LogP contribution in [0.1, 0.15) is 41.5 Å². The van der Waals surface area contributed by atoms with E-state index in [9.17, 15) is 4.79 Å². The van der Waals surface area contributed by atoms with E-state index in [2.05, 4.69) is 21.8 Å². The van der Waals surface area contributed by atoms with Gasteiger partial charge in [-0.2, -0.15) is 0 Å². The average Bonchev–Trinajstić information content (AvgIpc) is 2.95. The highest BCUT2D eigenvalue weighted by molar-refractivity contribution is 5.92. The molecule has 0 spiro atoms. The third-order valence-electron chi connectivity index (χ3n) is 5.67. The Morgan fingerprint density at radius 2 is 2.04 bits per heavy atom. The Kier molecular flexibility index (Phi) is 4.66. The zero-order valence-electron chi connectivity index (χ0n) is 15.7. The summed E-state index contributed by atoms with van der Waals surface area (Å²) in [5.41, 5.74) is 3.09. The Morgan fingerprint density at radius 3 is 2.81 bits per heavy atom. The molecule has 1 amide bonds. The summed E-state index contributed by atoms with van der Waals surface area (Å²) in [7, 11) is 1.92. The summed E-state index contributed by atoms with van der Waals surface area (Å²) >= 11 is 0. The third-order valence-corrected chi connectivity index (χ3v) is 5.67. The van der Waals surface area contributed by atoms with Gasteiger partial charge in [-0.3, -0.25) is 4.79 Å². The van der Waals surface area contributed by atoms with E-state index in [0.29, 0.717) is 12.5 Å². The first-order chi connectivity index (χ1) is 12.6. The predicted octanol–water partition coefficient (Wildman–Crippen LogP) is 2.29. The number of hydrogen-bond acceptors (Lipinski definition) is 4. The highest BCUT2D eigenvalue weighted by Crippen LogP contribution is 2.28. The second-order valence-corrected chi connectivity index (χ2v) is 7.61. The molecular weight excluding hydrogens is 326 g/mol. The van der Waals surface area contributed by atoms with E-state index in [1.807, 2.05) is 34.8 Å². The van der Waals surface area contributed by atoms with E-state index < -0.39 is 0 Å². The lowest BCUT2D eigenvalue weighted by molar-refractivity contribution is 0.0753. The molecule has 6 nitrogen and oxygen atoms in total. The fourth-order valence-electron chi connectivity index (χ4n) is 4.21. The van der Waals surface area contributed by atoms with Crippen LogP contribution in [0, 0.1) is 5.92 Å². The standard InChI is InChI=1S/C20H27N5O/c1-15-5-3-10-25(13-15)19-16-7-11-24(12-8-17(16)21-14-22-19)20(26)18-6-4-9-23(18)2/h4,6,9,14-15H,3,5,7-8,10-13H2,1-2H3. The van der Waals surface area contributed by atoms with Crippen LogP contribution in [0.4, 0.5) is 5.82 Å². The van der Waals surface area contributed by atoms with Crippen LogP contribution >= 0.6 is 0 Å². The van der Waals surface area contributed by atoms with Crippen molar-refractivity contribution in [3.63, 3.8) is 0 Å². The van der Waals surface area contributed by atoms with Crippen LogP contribution in [0.3, 0.4) is 0 Å². The maximum Gasteiger partial charge on any atom is 0.270 e. The molecule has 138 valence electrons. The van der Waals surface area contributed by atoms with Crippen molar-refractivity contribution in [3.05, 3.63) is 41.6 Å². The van der Waals surface area contributed by atoms with Gasteiger partial charge in [-0.25, -0.2) is 9.97 Å². The molecule has 2 aliphatic heterocycles. The maximum atomic E-state index is 12.9. The highest BCUT2D eigenvalue weighted by Gasteiger charge is 2.26. The number of aryl methyl sites for hydroxylation is 1. The number of piperidine rings is 1. The van der Waals surface area contributed by atoms with E-state index in [-0.39, 0.29) is 5.91 Å². The van der Waals surface area contributed by atoms with Crippen LogP contribution < -0.4 is 4.90 Å². The molecule has 4 heterocycles. The summed E-state index contributed by atoms with van der Waals surface area (Å²) in [6.45, 7) is 5.88. The number of fused-ring (bicyclic) bond motifs is 1. The first-order valence-electron chi connectivity index (χ1n) is 9.62. The average molecular weight is 353 g/mol. The van der Waals surface area contributed by atoms with Crippen LogP contribution in [0.15, 0.2) is 24.7 Å². The minimum Gasteiger partial charge on any atom is -0.356 e. The Balaban J connectivity index is 1.55. The molecule has 6 heteroatoms. The second-order valence-electron chi connectivity index (χ2n) is 7.61. The Morgan fingerprint density at radius 1 is 1.19 bits per heavy atom. The molecule has 2 aromatic heterocycles. The number of carbonyl (C=O) groups excluding carboxylic acids is 1. The molecule has 0 aromatic carbocycles. The van der Waals surface area contributed by atoms with Crippen LogP contribution in [0.2, 0.25) is 0 Å². The van der Waals surface area contributed by atoms with E-state index in [0.717, 1.165) is 49.7 Å². The van der Waals surface area contributed by atoms with Gasteiger partial charge in [0.2, 0.25) is 0 Å². The summed E-state index contributed by atoms with van der Waals surface area (Å²) in [5, 5.41) is 0. The second kappa shape index (κ2) is 7.09. The van der Waals surface area contributed by atoms with Gasteiger partial charge in [-0.15, -0.1) is 0 Å². The number of anilines is 1. The monoisotopic (exact) mass is 353 g/mol. The van der Waals surface area contributed by atoms with Crippen molar-refractivity contribution < 1.29 is 4.79 Å². The van der Waals surface area contributed by atoms with E-state index in [1.165, 1.54) is 18.4 Å². The maximum absolute atomic E-state index is 12.9. The van der Waals surface area contributed by atoms with Gasteiger partial charge in [0, 0.05) is 51.4 Å². The summed E-state index contributed by atoms with van der Waals surface area (Å²) in [6, 6.07) is 3.81. The smallest absolute Gasteiger partial charge is 0.270 e. The zero-order valence-corrected chi connectivity index (χ0v) is 15.7. The molecule has 1 atom stereocenters. The number of carbonyl (C=O) groups is 1. The van der Waals surface area contributed by atoms with Gasteiger partial charge in [-0.05, 0) is 37.3 Å². The first-order valence-corrected chi connectivity index (χ1v) is 9.62. The number of hydrogen-bond donors (Lipinski definition) is 0. The number of amides is 1. The molecule has 1 saturated heterocycles. The topological polar surface area (TPSA) is 54.3 Å². The minimum atomic E-state index is 0.103. The van der Waals surface area contributed by atoms with Crippen LogP contribution in [0.5, 0.6) is 0 Å². The summed E-state index contributed by atoms with van der Waals surface area (Å²) in [6.07, 6.45) is 7.75. The van der Waals surface area contributed by atoms with Crippen LogP contribution in [-0.2, 0) is 19.9 Å². The number of aromatic nitrogens is 3. The molecule has 4 rings (SSSR count). The SMILES string of the molecule is CC1CCCN(c2ncnc3c2CCN(C(=O)c2cccn2C)CC3)C1. The molecule has 0 saturated carbocycles. The largest absolute Gasteiger partial charge is 0.356 e. The lowest BCUT2D eigenvalue weighted by Crippen LogP contribution is -2.36. The van der Waals surface area contributed by atoms with Crippen molar-refractivity contribution >= 4 is 11.7 Å². The van der Waals surface area contributed by atoms with Crippen molar-refractivity contribution in [3.8, 4) is 0 Å². The Bertz CT molecular complexity index is 799. The molecule has 26 heavy (non-hydrogen) atoms. The molecule has 0 radical (unpaired) electrons. The van der Waals surface area contributed by atoms with Crippen molar-refractivity contribution in [1.29, 1.82) is 0 Å². The van der Waals surface area contributed by atoms with Gasteiger partial charge in [0.1, 0.15) is 17.8 Å². The van der Waals surface area contributed by atoms with Gasteiger partial charge in [0.15, 0.2) is 0 Å². The van der Waals surface area contributed by atoms with Gasteiger partial charge in [0.25, 0.3) is 5.91 Å². The summed E-state index contributed by atoms with van der Waals surface area (Å²) in [4.78, 5) is 26.4. The number of rotatable bonds is 2. The predicted molar refractivity (Wildman–Crippen MR) is 101 cm³/mol. The number of nitrogens with zero attached hydrogens (tertiary/aromatic N) is 5. The third kappa shape index (κ3) is 3.20. The summed E-state index contributed by atoms with van der Waals surface area (Å²) in [5.74, 6) is 1.90. The van der Waals surface area contributed by atoms with Gasteiger partial charge < -0.3 is 14.4 Å². The molecule has 2 aromatic rings. The molecule has 0 bridgehead atoms. The van der Waals surface area contributed by atoms with Crippen molar-refractivity contribution in [1.82, 2.24) is 19.4 Å². The van der Waals surface area contributed by atoms with Crippen molar-refractivity contribution in [2.75, 3.05) is 31.1 Å². The first kappa shape index (κ1) is 17.1. The fourth-order valence-corrected chi connectivity index (χ4v) is 4.21. The molecular formula is C20H27N5O. The Hall–Kier alpha value is -2.37. The molecule has 1 fully saturated rings. The van der Waals surface area contributed by atoms with E-state index in [4.69, 9.17) is 0 Å². The highest BCUT2D eigenvalue weighted by atomic mass is 16.2. The van der Waals surface area contributed by atoms with Crippen molar-refractivity contribution in [2.45, 2.75) is 32.6 Å². The van der Waals surface area contributed by atoms with Gasteiger partial charge >= 0.3 is 0 Å². The molecule has 1 unspecified atom stereocenters. The van der Waals surface area contributed by atoms with E-state index >= 15 is 0 Å². The van der Waals surface area contributed by atoms with Crippen LogP contribution in [-0.4, -0.2) is 51.5 Å². The van der Waals surface area contributed by atoms with Crippen LogP contribution in [0.25, 0.3) is 0 Å². The fraction of sp³-hybridized carbons (Fsp3) is 0.550. The van der Waals surface area contributed by atoms with E-state index in [1.54, 1.807) is 6.33 Å². The Labute approximate surface area is 154 Å². The molecule has 0 aliphatic carbocycles. The minimum absolute atomic E-state index is 0.103. The summed E-state index contributed by atoms with van der Waals surface area (Å²) < 4.78 is 1.89. The quantitative estimate of drug-likeness (QED) is 0.831. The van der Waals surface area contributed by atoms with Gasteiger partial charge in [0.05, 0.1) is 5.69 Å². The lowest BCUT2D eigenvalue weighted by atomic mass is 9.99. The molecule has 2 aliphatic rings. The van der Waals surface area contributed by atoms with Crippen molar-refractivity contribution in [2.24, 2.45) is 13.0 Å². The lowest BCUT2D eigenvalue weighted by Gasteiger charge is -2.33.